The summed E-state index contributed by atoms with van der Waals surface area (Å²) in [4.78, 5) is 0. The van der Waals surface area contributed by atoms with Crippen molar-refractivity contribution in [3.8, 4) is 0 Å². The first kappa shape index (κ1) is 17.9. The smallest absolute Gasteiger partial charge is 0.0183 e. The first-order valence-electron chi connectivity index (χ1n) is 9.29. The minimum Gasteiger partial charge on any atom is -0.0906 e. The molecule has 0 radical (unpaired) electrons. The van der Waals surface area contributed by atoms with E-state index in [-0.39, 0.29) is 0 Å². The van der Waals surface area contributed by atoms with Gasteiger partial charge in [-0.05, 0) is 57.4 Å². The van der Waals surface area contributed by atoms with Gasteiger partial charge in [0, 0.05) is 0 Å². The van der Waals surface area contributed by atoms with Crippen molar-refractivity contribution in [2.45, 2.75) is 26.7 Å². The van der Waals surface area contributed by atoms with Gasteiger partial charge in [-0.25, -0.2) is 0 Å². The second kappa shape index (κ2) is 8.01. The summed E-state index contributed by atoms with van der Waals surface area (Å²) in [6.45, 7) is 12.9. The van der Waals surface area contributed by atoms with Crippen molar-refractivity contribution >= 4 is 11.1 Å². The Labute approximate surface area is 157 Å². The van der Waals surface area contributed by atoms with Crippen LogP contribution >= 0.6 is 0 Å². The lowest BCUT2D eigenvalue weighted by molar-refractivity contribution is 1.14. The molecule has 0 saturated carbocycles. The molecule has 0 amide bonds. The summed E-state index contributed by atoms with van der Waals surface area (Å²) in [6, 6.07) is 25.9. The number of hydrogen-bond acceptors (Lipinski definition) is 0. The molecule has 0 heteroatoms. The molecule has 26 heavy (non-hydrogen) atoms. The van der Waals surface area contributed by atoms with Gasteiger partial charge in [0.05, 0.1) is 0 Å². The average molecular weight is 338 g/mol. The molecule has 0 unspecified atom stereocenters. The van der Waals surface area contributed by atoms with Crippen LogP contribution < -0.4 is 0 Å². The monoisotopic (exact) mass is 338 g/mol. The molecule has 130 valence electrons. The summed E-state index contributed by atoms with van der Waals surface area (Å²) < 4.78 is 0. The van der Waals surface area contributed by atoms with Crippen LogP contribution in [0.5, 0.6) is 0 Å². The Morgan fingerprint density at radius 2 is 0.731 bits per heavy atom. The van der Waals surface area contributed by atoms with Gasteiger partial charge in [-0.1, -0.05) is 99.8 Å². The molecule has 0 fully saturated rings. The molecule has 0 nitrogen and oxygen atoms in total. The quantitative estimate of drug-likeness (QED) is 0.457. The zero-order valence-electron chi connectivity index (χ0n) is 15.8. The van der Waals surface area contributed by atoms with E-state index in [4.69, 9.17) is 0 Å². The molecule has 0 atom stereocenters. The Hall–Kier alpha value is -2.86. The van der Waals surface area contributed by atoms with Crippen LogP contribution in [0, 0.1) is 0 Å². The Morgan fingerprint density at radius 1 is 0.500 bits per heavy atom. The van der Waals surface area contributed by atoms with Crippen molar-refractivity contribution in [2.75, 3.05) is 0 Å². The molecule has 3 aromatic rings. The molecule has 0 N–H and O–H groups in total. The second-order valence-corrected chi connectivity index (χ2v) is 6.64. The van der Waals surface area contributed by atoms with Gasteiger partial charge in [0.2, 0.25) is 0 Å². The van der Waals surface area contributed by atoms with Gasteiger partial charge in [-0.2, -0.15) is 0 Å². The van der Waals surface area contributed by atoms with E-state index in [9.17, 15) is 0 Å². The molecular weight excluding hydrogens is 312 g/mol. The number of hydrogen-bond donors (Lipinski definition) is 0. The summed E-state index contributed by atoms with van der Waals surface area (Å²) in [6.07, 6.45) is 2.12. The molecule has 0 aromatic heterocycles. The van der Waals surface area contributed by atoms with Crippen LogP contribution in [0.3, 0.4) is 0 Å². The first-order valence-corrected chi connectivity index (χ1v) is 9.29. The zero-order valence-corrected chi connectivity index (χ0v) is 15.8. The highest BCUT2D eigenvalue weighted by atomic mass is 14.1. The molecule has 0 spiro atoms. The van der Waals surface area contributed by atoms with Crippen LogP contribution in [0.4, 0.5) is 0 Å². The topological polar surface area (TPSA) is 0 Å². The van der Waals surface area contributed by atoms with E-state index in [1.807, 2.05) is 0 Å². The molecule has 0 bridgehead atoms. The maximum atomic E-state index is 4.28. The largest absolute Gasteiger partial charge is 0.0906 e. The van der Waals surface area contributed by atoms with Crippen molar-refractivity contribution in [2.24, 2.45) is 0 Å². The second-order valence-electron chi connectivity index (χ2n) is 6.64. The van der Waals surface area contributed by atoms with Crippen LogP contribution in [0.1, 0.15) is 47.2 Å². The summed E-state index contributed by atoms with van der Waals surface area (Å²) in [5, 5.41) is 0. The van der Waals surface area contributed by atoms with E-state index in [1.165, 1.54) is 22.3 Å². The van der Waals surface area contributed by atoms with E-state index in [2.05, 4.69) is 99.8 Å². The predicted octanol–water partition coefficient (Wildman–Crippen LogP) is 6.93. The maximum Gasteiger partial charge on any atom is -0.0183 e. The molecule has 0 aliphatic carbocycles. The Balaban J connectivity index is 1.78. The van der Waals surface area contributed by atoms with Gasteiger partial charge in [0.1, 0.15) is 0 Å². The Bertz CT molecular complexity index is 813. The van der Waals surface area contributed by atoms with Crippen LogP contribution in [-0.2, 0) is 12.8 Å². The third kappa shape index (κ3) is 3.86. The molecule has 3 aromatic carbocycles. The fourth-order valence-corrected chi connectivity index (χ4v) is 3.09. The maximum absolute atomic E-state index is 4.28. The van der Waals surface area contributed by atoms with E-state index < -0.39 is 0 Å². The van der Waals surface area contributed by atoms with Crippen molar-refractivity contribution in [1.29, 1.82) is 0 Å². The molecular formula is C26H26. The van der Waals surface area contributed by atoms with Gasteiger partial charge in [0.15, 0.2) is 0 Å². The summed E-state index contributed by atoms with van der Waals surface area (Å²) in [5.41, 5.74) is 9.44. The molecule has 0 aliphatic rings. The van der Waals surface area contributed by atoms with Crippen molar-refractivity contribution < 1.29 is 0 Å². The summed E-state index contributed by atoms with van der Waals surface area (Å²) >= 11 is 0. The van der Waals surface area contributed by atoms with Gasteiger partial charge in [-0.15, -0.1) is 0 Å². The van der Waals surface area contributed by atoms with Crippen molar-refractivity contribution in [3.63, 3.8) is 0 Å². The third-order valence-electron chi connectivity index (χ3n) is 5.00. The lowest BCUT2D eigenvalue weighted by atomic mass is 9.94. The summed E-state index contributed by atoms with van der Waals surface area (Å²) in [5.74, 6) is 0. The van der Waals surface area contributed by atoms with E-state index in [0.717, 1.165) is 35.1 Å². The number of benzene rings is 3. The minimum absolute atomic E-state index is 1.05. The highest BCUT2D eigenvalue weighted by Crippen LogP contribution is 2.26. The van der Waals surface area contributed by atoms with Gasteiger partial charge in [-0.3, -0.25) is 0 Å². The SMILES string of the molecule is C=C(c1ccc(CC)cc1)c1ccc(C(=C)c2ccc(CC)cc2)cc1. The molecule has 3 rings (SSSR count). The van der Waals surface area contributed by atoms with Gasteiger partial charge >= 0.3 is 0 Å². The van der Waals surface area contributed by atoms with Crippen molar-refractivity contribution in [1.82, 2.24) is 0 Å². The third-order valence-corrected chi connectivity index (χ3v) is 5.00. The number of aryl methyl sites for hydroxylation is 2. The van der Waals surface area contributed by atoms with Crippen LogP contribution in [0.25, 0.3) is 11.1 Å². The highest BCUT2D eigenvalue weighted by Gasteiger charge is 2.06. The lowest BCUT2D eigenvalue weighted by Crippen LogP contribution is -1.91. The lowest BCUT2D eigenvalue weighted by Gasteiger charge is -2.11. The van der Waals surface area contributed by atoms with Gasteiger partial charge < -0.3 is 0 Å². The number of rotatable bonds is 6. The molecule has 0 saturated heterocycles. The predicted molar refractivity (Wildman–Crippen MR) is 114 cm³/mol. The Morgan fingerprint density at radius 3 is 0.962 bits per heavy atom. The van der Waals surface area contributed by atoms with Crippen LogP contribution in [0.15, 0.2) is 86.0 Å². The van der Waals surface area contributed by atoms with Crippen LogP contribution in [-0.4, -0.2) is 0 Å². The summed E-state index contributed by atoms with van der Waals surface area (Å²) in [7, 11) is 0. The van der Waals surface area contributed by atoms with E-state index in [1.54, 1.807) is 0 Å². The van der Waals surface area contributed by atoms with Crippen molar-refractivity contribution in [3.05, 3.63) is 119 Å². The van der Waals surface area contributed by atoms with Gasteiger partial charge in [0.25, 0.3) is 0 Å². The van der Waals surface area contributed by atoms with E-state index >= 15 is 0 Å². The van der Waals surface area contributed by atoms with Crippen LogP contribution in [0.2, 0.25) is 0 Å². The van der Waals surface area contributed by atoms with E-state index in [0.29, 0.717) is 0 Å². The highest BCUT2D eigenvalue weighted by molar-refractivity contribution is 5.82. The minimum atomic E-state index is 1.05. The Kier molecular flexibility index (Phi) is 5.53. The standard InChI is InChI=1S/C26H26/c1-5-21-7-11-23(12-8-21)19(3)25-15-17-26(18-16-25)20(4)24-13-9-22(6-2)10-14-24/h7-18H,3-6H2,1-2H3. The molecule has 0 aliphatic heterocycles. The average Bonchev–Trinajstić information content (AvgIpc) is 2.73. The molecule has 0 heterocycles. The fraction of sp³-hybridized carbons (Fsp3) is 0.154. The zero-order chi connectivity index (χ0) is 18.5. The first-order chi connectivity index (χ1) is 12.6. The fourth-order valence-electron chi connectivity index (χ4n) is 3.09. The normalized spacial score (nSPS) is 10.5.